The molecule has 108 valence electrons. The number of hydrogen-bond acceptors (Lipinski definition) is 2. The molecule has 0 saturated heterocycles. The molecule has 0 aromatic carbocycles. The van der Waals surface area contributed by atoms with E-state index in [2.05, 4.69) is 58.8 Å². The highest BCUT2D eigenvalue weighted by Crippen LogP contribution is 2.49. The van der Waals surface area contributed by atoms with Gasteiger partial charge in [-0.2, -0.15) is 5.10 Å². The van der Waals surface area contributed by atoms with Crippen molar-refractivity contribution in [2.45, 2.75) is 58.9 Å². The third-order valence-corrected chi connectivity index (χ3v) is 5.34. The SMILES string of the molecule is CCCNC(Cc1c(Br)c(CC)nn1C)C1(C)CC1. The van der Waals surface area contributed by atoms with Gasteiger partial charge in [-0.25, -0.2) is 0 Å². The Hall–Kier alpha value is -0.350. The Balaban J connectivity index is 2.14. The first-order valence-electron chi connectivity index (χ1n) is 7.45. The average Bonchev–Trinajstić information content (AvgIpc) is 3.07. The number of rotatable bonds is 7. The van der Waals surface area contributed by atoms with E-state index < -0.39 is 0 Å². The van der Waals surface area contributed by atoms with Crippen molar-refractivity contribution < 1.29 is 0 Å². The third kappa shape index (κ3) is 3.22. The van der Waals surface area contributed by atoms with Gasteiger partial charge in [0.25, 0.3) is 0 Å². The first kappa shape index (κ1) is 15.0. The van der Waals surface area contributed by atoms with Gasteiger partial charge in [0.15, 0.2) is 0 Å². The van der Waals surface area contributed by atoms with Gasteiger partial charge in [-0.3, -0.25) is 4.68 Å². The van der Waals surface area contributed by atoms with E-state index in [1.54, 1.807) is 0 Å². The summed E-state index contributed by atoms with van der Waals surface area (Å²) in [7, 11) is 2.06. The molecule has 1 aromatic heterocycles. The van der Waals surface area contributed by atoms with Gasteiger partial charge in [0.1, 0.15) is 0 Å². The van der Waals surface area contributed by atoms with Crippen molar-refractivity contribution in [3.8, 4) is 0 Å². The summed E-state index contributed by atoms with van der Waals surface area (Å²) >= 11 is 3.73. The molecule has 0 bridgehead atoms. The minimum atomic E-state index is 0.491. The second-order valence-corrected chi connectivity index (χ2v) is 6.84. The van der Waals surface area contributed by atoms with E-state index in [4.69, 9.17) is 0 Å². The molecule has 1 N–H and O–H groups in total. The van der Waals surface area contributed by atoms with E-state index in [0.717, 1.165) is 19.4 Å². The van der Waals surface area contributed by atoms with Crippen molar-refractivity contribution in [1.82, 2.24) is 15.1 Å². The van der Waals surface area contributed by atoms with Crippen molar-refractivity contribution in [3.05, 3.63) is 15.9 Å². The van der Waals surface area contributed by atoms with E-state index in [1.165, 1.54) is 35.1 Å². The number of halogens is 1. The van der Waals surface area contributed by atoms with Crippen LogP contribution in [-0.2, 0) is 19.9 Å². The van der Waals surface area contributed by atoms with E-state index >= 15 is 0 Å². The first-order valence-corrected chi connectivity index (χ1v) is 8.24. The summed E-state index contributed by atoms with van der Waals surface area (Å²) < 4.78 is 3.26. The van der Waals surface area contributed by atoms with Gasteiger partial charge in [0.05, 0.1) is 15.9 Å². The molecule has 4 heteroatoms. The maximum absolute atomic E-state index is 4.61. The van der Waals surface area contributed by atoms with Crippen LogP contribution in [-0.4, -0.2) is 22.4 Å². The Morgan fingerprint density at radius 2 is 2.11 bits per heavy atom. The highest BCUT2D eigenvalue weighted by molar-refractivity contribution is 9.10. The van der Waals surface area contributed by atoms with Gasteiger partial charge < -0.3 is 5.32 Å². The highest BCUT2D eigenvalue weighted by atomic mass is 79.9. The van der Waals surface area contributed by atoms with E-state index in [1.807, 2.05) is 0 Å². The van der Waals surface area contributed by atoms with Crippen molar-refractivity contribution in [2.75, 3.05) is 6.54 Å². The molecule has 0 aliphatic heterocycles. The van der Waals surface area contributed by atoms with Crippen molar-refractivity contribution >= 4 is 15.9 Å². The number of aryl methyl sites for hydroxylation is 2. The number of hydrogen-bond donors (Lipinski definition) is 1. The minimum Gasteiger partial charge on any atom is -0.313 e. The lowest BCUT2D eigenvalue weighted by Crippen LogP contribution is -2.39. The third-order valence-electron chi connectivity index (χ3n) is 4.42. The standard InChI is InChI=1S/C15H26BrN3/c1-5-9-17-13(15(3)7-8-15)10-12-14(16)11(6-2)18-19(12)4/h13,17H,5-10H2,1-4H3. The molecule has 1 atom stereocenters. The van der Waals surface area contributed by atoms with Crippen LogP contribution in [0.3, 0.4) is 0 Å². The van der Waals surface area contributed by atoms with Gasteiger partial charge in [-0.15, -0.1) is 0 Å². The summed E-state index contributed by atoms with van der Waals surface area (Å²) in [5.74, 6) is 0. The molecule has 2 rings (SSSR count). The second-order valence-electron chi connectivity index (χ2n) is 6.05. The summed E-state index contributed by atoms with van der Waals surface area (Å²) in [5, 5.41) is 8.35. The van der Waals surface area contributed by atoms with Crippen LogP contribution in [0.2, 0.25) is 0 Å². The van der Waals surface area contributed by atoms with Crippen molar-refractivity contribution in [1.29, 1.82) is 0 Å². The zero-order valence-electron chi connectivity index (χ0n) is 12.6. The molecule has 19 heavy (non-hydrogen) atoms. The largest absolute Gasteiger partial charge is 0.313 e. The zero-order valence-corrected chi connectivity index (χ0v) is 14.2. The molecule has 1 aromatic rings. The lowest BCUT2D eigenvalue weighted by Gasteiger charge is -2.25. The van der Waals surface area contributed by atoms with Gasteiger partial charge in [0, 0.05) is 19.5 Å². The van der Waals surface area contributed by atoms with E-state index in [-0.39, 0.29) is 0 Å². The van der Waals surface area contributed by atoms with Crippen molar-refractivity contribution in [3.63, 3.8) is 0 Å². The minimum absolute atomic E-state index is 0.491. The quantitative estimate of drug-likeness (QED) is 0.831. The predicted molar refractivity (Wildman–Crippen MR) is 83.4 cm³/mol. The second kappa shape index (κ2) is 5.96. The van der Waals surface area contributed by atoms with Gasteiger partial charge in [0.2, 0.25) is 0 Å². The monoisotopic (exact) mass is 327 g/mol. The fourth-order valence-electron chi connectivity index (χ4n) is 2.66. The molecule has 1 aliphatic carbocycles. The highest BCUT2D eigenvalue weighted by Gasteiger charge is 2.44. The van der Waals surface area contributed by atoms with Crippen molar-refractivity contribution in [2.24, 2.45) is 12.5 Å². The average molecular weight is 328 g/mol. The molecule has 0 spiro atoms. The fraction of sp³-hybridized carbons (Fsp3) is 0.800. The molecule has 1 heterocycles. The smallest absolute Gasteiger partial charge is 0.0766 e. The molecular weight excluding hydrogens is 302 g/mol. The maximum Gasteiger partial charge on any atom is 0.0766 e. The fourth-order valence-corrected chi connectivity index (χ4v) is 3.44. The molecule has 1 saturated carbocycles. The molecule has 1 aliphatic rings. The molecule has 1 fully saturated rings. The van der Waals surface area contributed by atoms with Crippen LogP contribution in [0.5, 0.6) is 0 Å². The predicted octanol–water partition coefficient (Wildman–Crippen LogP) is 3.46. The van der Waals surface area contributed by atoms with E-state index in [0.29, 0.717) is 11.5 Å². The molecule has 0 amide bonds. The summed E-state index contributed by atoms with van der Waals surface area (Å²) in [5.41, 5.74) is 3.00. The Labute approximate surface area is 125 Å². The summed E-state index contributed by atoms with van der Waals surface area (Å²) in [4.78, 5) is 0. The van der Waals surface area contributed by atoms with Gasteiger partial charge in [-0.05, 0) is 53.6 Å². The summed E-state index contributed by atoms with van der Waals surface area (Å²) in [6, 6.07) is 0.573. The number of aromatic nitrogens is 2. The summed E-state index contributed by atoms with van der Waals surface area (Å²) in [6.07, 6.45) is 5.95. The van der Waals surface area contributed by atoms with Gasteiger partial charge in [-0.1, -0.05) is 20.8 Å². The van der Waals surface area contributed by atoms with Gasteiger partial charge >= 0.3 is 0 Å². The Kier molecular flexibility index (Phi) is 4.72. The molecule has 3 nitrogen and oxygen atoms in total. The Morgan fingerprint density at radius 3 is 2.58 bits per heavy atom. The normalized spacial score (nSPS) is 18.6. The van der Waals surface area contributed by atoms with Crippen LogP contribution >= 0.6 is 15.9 Å². The Morgan fingerprint density at radius 1 is 1.42 bits per heavy atom. The number of nitrogens with zero attached hydrogens (tertiary/aromatic N) is 2. The van der Waals surface area contributed by atoms with Crippen LogP contribution in [0.25, 0.3) is 0 Å². The summed E-state index contributed by atoms with van der Waals surface area (Å²) in [6.45, 7) is 7.90. The zero-order chi connectivity index (χ0) is 14.0. The van der Waals surface area contributed by atoms with Crippen LogP contribution in [0.15, 0.2) is 4.47 Å². The lowest BCUT2D eigenvalue weighted by atomic mass is 9.94. The van der Waals surface area contributed by atoms with Crippen LogP contribution in [0.4, 0.5) is 0 Å². The Bertz CT molecular complexity index is 435. The number of nitrogens with one attached hydrogen (secondary N) is 1. The maximum atomic E-state index is 4.61. The van der Waals surface area contributed by atoms with Crippen LogP contribution < -0.4 is 5.32 Å². The topological polar surface area (TPSA) is 29.9 Å². The first-order chi connectivity index (χ1) is 9.01. The van der Waals surface area contributed by atoms with Crippen LogP contribution in [0.1, 0.15) is 51.4 Å². The van der Waals surface area contributed by atoms with Crippen LogP contribution in [0, 0.1) is 5.41 Å². The molecular formula is C15H26BrN3. The van der Waals surface area contributed by atoms with E-state index in [9.17, 15) is 0 Å². The molecule has 0 radical (unpaired) electrons. The lowest BCUT2D eigenvalue weighted by molar-refractivity contribution is 0.348. The molecule has 1 unspecified atom stereocenters.